The molecule has 1 N–H and O–H groups in total. The number of nitro groups is 1. The highest BCUT2D eigenvalue weighted by Gasteiger charge is 2.27. The van der Waals surface area contributed by atoms with E-state index in [2.05, 4.69) is 25.1 Å². The Labute approximate surface area is 162 Å². The van der Waals surface area contributed by atoms with Crippen molar-refractivity contribution in [3.63, 3.8) is 0 Å². The highest BCUT2D eigenvalue weighted by molar-refractivity contribution is 5.96. The summed E-state index contributed by atoms with van der Waals surface area (Å²) < 4.78 is 5.20. The summed E-state index contributed by atoms with van der Waals surface area (Å²) in [5.74, 6) is 0.806. The average molecular weight is 386 g/mol. The molecule has 0 saturated carbocycles. The number of amides is 1. The van der Waals surface area contributed by atoms with E-state index < -0.39 is 11.0 Å². The number of carbonyl (C=O) groups is 1. The molecule has 28 heavy (non-hydrogen) atoms. The van der Waals surface area contributed by atoms with E-state index >= 15 is 0 Å². The summed E-state index contributed by atoms with van der Waals surface area (Å²) in [5.41, 5.74) is 0.171. The van der Waals surface area contributed by atoms with Gasteiger partial charge in [0, 0.05) is 50.7 Å². The number of anilines is 2. The number of nitrogens with zero attached hydrogens (tertiary/aromatic N) is 5. The molecule has 10 heteroatoms. The number of rotatable bonds is 6. The van der Waals surface area contributed by atoms with Gasteiger partial charge in [-0.2, -0.15) is 0 Å². The van der Waals surface area contributed by atoms with Crippen LogP contribution in [0.4, 0.5) is 17.3 Å². The zero-order valence-electron chi connectivity index (χ0n) is 15.7. The Morgan fingerprint density at radius 2 is 1.93 bits per heavy atom. The van der Waals surface area contributed by atoms with Gasteiger partial charge in [0.15, 0.2) is 0 Å². The number of nitro benzene ring substituents is 1. The molecule has 1 atom stereocenters. The van der Waals surface area contributed by atoms with Crippen molar-refractivity contribution in [3.05, 3.63) is 46.8 Å². The van der Waals surface area contributed by atoms with E-state index in [1.165, 1.54) is 25.3 Å². The van der Waals surface area contributed by atoms with E-state index in [9.17, 15) is 14.9 Å². The van der Waals surface area contributed by atoms with Gasteiger partial charge >= 0.3 is 0 Å². The maximum absolute atomic E-state index is 12.7. The van der Waals surface area contributed by atoms with Crippen LogP contribution in [0.5, 0.6) is 5.75 Å². The zero-order valence-corrected chi connectivity index (χ0v) is 15.7. The lowest BCUT2D eigenvalue weighted by molar-refractivity contribution is -0.384. The van der Waals surface area contributed by atoms with Crippen LogP contribution in [0.2, 0.25) is 0 Å². The summed E-state index contributed by atoms with van der Waals surface area (Å²) in [4.78, 5) is 35.8. The van der Waals surface area contributed by atoms with Crippen molar-refractivity contribution in [2.75, 3.05) is 43.5 Å². The van der Waals surface area contributed by atoms with Crippen molar-refractivity contribution in [2.45, 2.75) is 13.0 Å². The lowest BCUT2D eigenvalue weighted by Gasteiger charge is -2.37. The van der Waals surface area contributed by atoms with Crippen LogP contribution >= 0.6 is 0 Å². The lowest BCUT2D eigenvalue weighted by atomic mass is 10.2. The number of methoxy groups -OCH3 is 1. The molecular formula is C18H22N6O4. The predicted molar refractivity (Wildman–Crippen MR) is 104 cm³/mol. The number of aromatic nitrogens is 2. The second kappa shape index (κ2) is 8.61. The number of hydrogen-bond donors (Lipinski definition) is 1. The molecule has 1 fully saturated rings. The number of piperazine rings is 1. The maximum atomic E-state index is 12.7. The van der Waals surface area contributed by atoms with Gasteiger partial charge in [0.2, 0.25) is 11.9 Å². The minimum Gasteiger partial charge on any atom is -0.495 e. The molecule has 1 aliphatic heterocycles. The number of non-ortho nitro benzene ring substituents is 1. The molecular weight excluding hydrogens is 364 g/mol. The first-order valence-corrected chi connectivity index (χ1v) is 8.89. The van der Waals surface area contributed by atoms with E-state index in [0.29, 0.717) is 37.9 Å². The van der Waals surface area contributed by atoms with Crippen LogP contribution in [-0.2, 0) is 4.79 Å². The number of hydrogen-bond acceptors (Lipinski definition) is 8. The summed E-state index contributed by atoms with van der Waals surface area (Å²) in [6, 6.07) is 5.48. The van der Waals surface area contributed by atoms with Crippen LogP contribution in [0.25, 0.3) is 0 Å². The van der Waals surface area contributed by atoms with Gasteiger partial charge in [0.05, 0.1) is 23.8 Å². The molecule has 3 rings (SSSR count). The molecule has 0 radical (unpaired) electrons. The monoisotopic (exact) mass is 386 g/mol. The molecule has 1 aromatic heterocycles. The van der Waals surface area contributed by atoms with Crippen LogP contribution in [0.15, 0.2) is 36.7 Å². The maximum Gasteiger partial charge on any atom is 0.271 e. The Hall–Kier alpha value is -3.27. The highest BCUT2D eigenvalue weighted by atomic mass is 16.6. The Morgan fingerprint density at radius 3 is 2.54 bits per heavy atom. The van der Waals surface area contributed by atoms with Crippen LogP contribution in [0.3, 0.4) is 0 Å². The van der Waals surface area contributed by atoms with E-state index in [1.54, 1.807) is 18.5 Å². The molecule has 0 aliphatic carbocycles. The summed E-state index contributed by atoms with van der Waals surface area (Å²) in [5, 5.41) is 13.7. The molecule has 148 valence electrons. The minimum absolute atomic E-state index is 0.111. The Kier molecular flexibility index (Phi) is 5.99. The molecule has 1 aromatic carbocycles. The molecule has 0 bridgehead atoms. The fourth-order valence-corrected chi connectivity index (χ4v) is 3.07. The van der Waals surface area contributed by atoms with E-state index in [0.717, 1.165) is 0 Å². The van der Waals surface area contributed by atoms with Gasteiger partial charge in [-0.05, 0) is 19.1 Å². The SMILES string of the molecule is COc1ccc([N+](=O)[O-])cc1NC(=O)[C@@H](C)N1CCN(c2ncccn2)CC1. The quantitative estimate of drug-likeness (QED) is 0.587. The molecule has 1 amide bonds. The minimum atomic E-state index is -0.511. The summed E-state index contributed by atoms with van der Waals surface area (Å²) in [6.07, 6.45) is 3.41. The normalized spacial score (nSPS) is 15.7. The Bertz CT molecular complexity index is 839. The third-order valence-corrected chi connectivity index (χ3v) is 4.73. The van der Waals surface area contributed by atoms with E-state index in [1.807, 2.05) is 6.92 Å². The third-order valence-electron chi connectivity index (χ3n) is 4.73. The van der Waals surface area contributed by atoms with Gasteiger partial charge < -0.3 is 15.0 Å². The van der Waals surface area contributed by atoms with E-state index in [4.69, 9.17) is 4.74 Å². The molecule has 10 nitrogen and oxygen atoms in total. The number of carbonyl (C=O) groups excluding carboxylic acids is 1. The van der Waals surface area contributed by atoms with Gasteiger partial charge in [-0.15, -0.1) is 0 Å². The smallest absolute Gasteiger partial charge is 0.271 e. The number of benzene rings is 1. The molecule has 2 aromatic rings. The van der Waals surface area contributed by atoms with Gasteiger partial charge in [-0.1, -0.05) is 0 Å². The summed E-state index contributed by atoms with van der Waals surface area (Å²) in [7, 11) is 1.45. The first-order chi connectivity index (χ1) is 13.5. The predicted octanol–water partition coefficient (Wildman–Crippen LogP) is 1.54. The average Bonchev–Trinajstić information content (AvgIpc) is 2.73. The topological polar surface area (TPSA) is 114 Å². The fourth-order valence-electron chi connectivity index (χ4n) is 3.07. The zero-order chi connectivity index (χ0) is 20.1. The van der Waals surface area contributed by atoms with Crippen molar-refractivity contribution in [2.24, 2.45) is 0 Å². The second-order valence-electron chi connectivity index (χ2n) is 6.38. The first kappa shape index (κ1) is 19.5. The van der Waals surface area contributed by atoms with Crippen molar-refractivity contribution in [3.8, 4) is 5.75 Å². The Balaban J connectivity index is 1.62. The van der Waals surface area contributed by atoms with Gasteiger partial charge in [-0.3, -0.25) is 19.8 Å². The van der Waals surface area contributed by atoms with Crippen LogP contribution in [-0.4, -0.2) is 65.0 Å². The second-order valence-corrected chi connectivity index (χ2v) is 6.38. The molecule has 1 saturated heterocycles. The van der Waals surface area contributed by atoms with E-state index in [-0.39, 0.29) is 17.3 Å². The standard InChI is InChI=1S/C18H22N6O4/c1-13(22-8-10-23(11-9-22)18-19-6-3-7-20-18)17(25)21-15-12-14(24(26)27)4-5-16(15)28-2/h3-7,12-13H,8-11H2,1-2H3,(H,21,25)/t13-/m1/s1. The van der Waals surface area contributed by atoms with Crippen LogP contribution in [0, 0.1) is 10.1 Å². The Morgan fingerprint density at radius 1 is 1.25 bits per heavy atom. The van der Waals surface area contributed by atoms with Gasteiger partial charge in [0.1, 0.15) is 5.75 Å². The third kappa shape index (κ3) is 4.34. The van der Waals surface area contributed by atoms with Gasteiger partial charge in [0.25, 0.3) is 5.69 Å². The van der Waals surface area contributed by atoms with Crippen molar-refractivity contribution in [1.82, 2.24) is 14.9 Å². The molecule has 0 unspecified atom stereocenters. The molecule has 2 heterocycles. The summed E-state index contributed by atoms with van der Waals surface area (Å²) in [6.45, 7) is 4.59. The van der Waals surface area contributed by atoms with Crippen LogP contribution in [0.1, 0.15) is 6.92 Å². The van der Waals surface area contributed by atoms with Crippen molar-refractivity contribution in [1.29, 1.82) is 0 Å². The highest BCUT2D eigenvalue weighted by Crippen LogP contribution is 2.29. The van der Waals surface area contributed by atoms with Gasteiger partial charge in [-0.25, -0.2) is 9.97 Å². The lowest BCUT2D eigenvalue weighted by Crippen LogP contribution is -2.53. The number of nitrogens with one attached hydrogen (secondary N) is 1. The van der Waals surface area contributed by atoms with Crippen molar-refractivity contribution < 1.29 is 14.5 Å². The largest absolute Gasteiger partial charge is 0.495 e. The first-order valence-electron chi connectivity index (χ1n) is 8.89. The molecule has 1 aliphatic rings. The number of ether oxygens (including phenoxy) is 1. The van der Waals surface area contributed by atoms with Crippen LogP contribution < -0.4 is 15.0 Å². The van der Waals surface area contributed by atoms with Crippen molar-refractivity contribution >= 4 is 23.2 Å². The fraction of sp³-hybridized carbons (Fsp3) is 0.389. The summed E-state index contributed by atoms with van der Waals surface area (Å²) >= 11 is 0. The molecule has 0 spiro atoms.